The first-order valence-corrected chi connectivity index (χ1v) is 7.73. The van der Waals surface area contributed by atoms with Gasteiger partial charge in [-0.2, -0.15) is 0 Å². The molecular formula is C15H25NO4. The second-order valence-electron chi connectivity index (χ2n) is 6.09. The molecule has 0 aromatic heterocycles. The molecule has 0 spiro atoms. The van der Waals surface area contributed by atoms with Gasteiger partial charge >= 0.3 is 5.97 Å². The highest BCUT2D eigenvalue weighted by molar-refractivity contribution is 5.86. The number of carboxylic acids is 1. The van der Waals surface area contributed by atoms with Crippen molar-refractivity contribution in [2.24, 2.45) is 11.8 Å². The van der Waals surface area contributed by atoms with Gasteiger partial charge in [0.2, 0.25) is 5.91 Å². The van der Waals surface area contributed by atoms with Gasteiger partial charge in [0.15, 0.2) is 0 Å². The SMILES string of the molecule is CCCCC[C@H](C)NC(=O)[C@H]1[C@@H](C(=O)O)[C@H]2CC[C@@H]1O2. The van der Waals surface area contributed by atoms with Crippen LogP contribution in [0.15, 0.2) is 0 Å². The number of carboxylic acid groups (broad SMARTS) is 1. The summed E-state index contributed by atoms with van der Waals surface area (Å²) in [7, 11) is 0. The van der Waals surface area contributed by atoms with Crippen LogP contribution in [0.1, 0.15) is 52.4 Å². The number of unbranched alkanes of at least 4 members (excludes halogenated alkanes) is 2. The Balaban J connectivity index is 1.89. The van der Waals surface area contributed by atoms with Gasteiger partial charge in [-0.3, -0.25) is 9.59 Å². The second kappa shape index (κ2) is 6.57. The molecule has 0 saturated carbocycles. The Hall–Kier alpha value is -1.10. The average molecular weight is 283 g/mol. The molecule has 5 heteroatoms. The summed E-state index contributed by atoms with van der Waals surface area (Å²) in [6.45, 7) is 4.13. The molecule has 0 aliphatic carbocycles. The van der Waals surface area contributed by atoms with Crippen LogP contribution < -0.4 is 5.32 Å². The first kappa shape index (κ1) is 15.3. The zero-order valence-electron chi connectivity index (χ0n) is 12.3. The Morgan fingerprint density at radius 2 is 1.90 bits per heavy atom. The molecular weight excluding hydrogens is 258 g/mol. The van der Waals surface area contributed by atoms with Gasteiger partial charge in [-0.05, 0) is 26.2 Å². The van der Waals surface area contributed by atoms with Crippen molar-refractivity contribution in [1.82, 2.24) is 5.32 Å². The molecule has 2 aliphatic rings. The van der Waals surface area contributed by atoms with Crippen LogP contribution in [-0.4, -0.2) is 35.2 Å². The van der Waals surface area contributed by atoms with Gasteiger partial charge in [0.1, 0.15) is 0 Å². The van der Waals surface area contributed by atoms with E-state index in [1.54, 1.807) is 0 Å². The van der Waals surface area contributed by atoms with Crippen LogP contribution in [-0.2, 0) is 14.3 Å². The van der Waals surface area contributed by atoms with Gasteiger partial charge in [0, 0.05) is 6.04 Å². The number of rotatable bonds is 7. The van der Waals surface area contributed by atoms with Crippen LogP contribution in [0.4, 0.5) is 0 Å². The maximum Gasteiger partial charge on any atom is 0.310 e. The number of carbonyl (C=O) groups excluding carboxylic acids is 1. The third-order valence-electron chi connectivity index (χ3n) is 4.49. The maximum atomic E-state index is 12.3. The lowest BCUT2D eigenvalue weighted by atomic mass is 9.78. The molecule has 2 aliphatic heterocycles. The monoisotopic (exact) mass is 283 g/mol. The largest absolute Gasteiger partial charge is 0.481 e. The fourth-order valence-corrected chi connectivity index (χ4v) is 3.44. The van der Waals surface area contributed by atoms with Crippen molar-refractivity contribution >= 4 is 11.9 Å². The zero-order chi connectivity index (χ0) is 14.7. The predicted octanol–water partition coefficient (Wildman–Crippen LogP) is 1.95. The molecule has 0 aromatic carbocycles. The fraction of sp³-hybridized carbons (Fsp3) is 0.867. The molecule has 0 aromatic rings. The van der Waals surface area contributed by atoms with E-state index in [4.69, 9.17) is 4.74 Å². The van der Waals surface area contributed by atoms with E-state index >= 15 is 0 Å². The van der Waals surface area contributed by atoms with Gasteiger partial charge in [0.05, 0.1) is 24.0 Å². The quantitative estimate of drug-likeness (QED) is 0.700. The predicted molar refractivity (Wildman–Crippen MR) is 74.3 cm³/mol. The Kier molecular flexibility index (Phi) is 5.02. The Labute approximate surface area is 120 Å². The van der Waals surface area contributed by atoms with E-state index in [1.165, 1.54) is 0 Å². The summed E-state index contributed by atoms with van der Waals surface area (Å²) in [5.41, 5.74) is 0. The molecule has 114 valence electrons. The number of amides is 1. The smallest absolute Gasteiger partial charge is 0.310 e. The van der Waals surface area contributed by atoms with E-state index in [0.717, 1.165) is 38.5 Å². The topological polar surface area (TPSA) is 75.6 Å². The number of hydrogen-bond acceptors (Lipinski definition) is 3. The lowest BCUT2D eigenvalue weighted by molar-refractivity contribution is -0.148. The number of fused-ring (bicyclic) bond motifs is 2. The van der Waals surface area contributed by atoms with Gasteiger partial charge in [-0.25, -0.2) is 0 Å². The van der Waals surface area contributed by atoms with Crippen molar-refractivity contribution < 1.29 is 19.4 Å². The zero-order valence-corrected chi connectivity index (χ0v) is 12.3. The number of hydrogen-bond donors (Lipinski definition) is 2. The van der Waals surface area contributed by atoms with E-state index in [1.807, 2.05) is 6.92 Å². The van der Waals surface area contributed by atoms with Gasteiger partial charge < -0.3 is 15.2 Å². The normalized spacial score (nSPS) is 33.1. The highest BCUT2D eigenvalue weighted by Gasteiger charge is 2.55. The molecule has 0 radical (unpaired) electrons. The van der Waals surface area contributed by atoms with E-state index in [0.29, 0.717) is 0 Å². The summed E-state index contributed by atoms with van der Waals surface area (Å²) in [6, 6.07) is 0.0996. The van der Waals surface area contributed by atoms with Crippen molar-refractivity contribution in [2.45, 2.75) is 70.6 Å². The van der Waals surface area contributed by atoms with Crippen LogP contribution in [0.2, 0.25) is 0 Å². The molecule has 2 saturated heterocycles. The third-order valence-corrected chi connectivity index (χ3v) is 4.49. The molecule has 1 amide bonds. The minimum Gasteiger partial charge on any atom is -0.481 e. The molecule has 0 unspecified atom stereocenters. The number of aliphatic carboxylic acids is 1. The Bertz CT molecular complexity index is 371. The lowest BCUT2D eigenvalue weighted by Gasteiger charge is -2.25. The summed E-state index contributed by atoms with van der Waals surface area (Å²) in [5.74, 6) is -2.24. The molecule has 2 N–H and O–H groups in total. The molecule has 2 bridgehead atoms. The standard InChI is InChI=1S/C15H25NO4/c1-3-4-5-6-9(2)16-14(17)12-10-7-8-11(20-10)13(12)15(18)19/h9-13H,3-8H2,1-2H3,(H,16,17)(H,18,19)/t9-,10-,11+,12+,13-/m0/s1. The highest BCUT2D eigenvalue weighted by atomic mass is 16.5. The van der Waals surface area contributed by atoms with Gasteiger partial charge in [-0.1, -0.05) is 26.2 Å². The molecule has 2 heterocycles. The fourth-order valence-electron chi connectivity index (χ4n) is 3.44. The minimum atomic E-state index is -0.906. The van der Waals surface area contributed by atoms with Crippen molar-refractivity contribution in [3.8, 4) is 0 Å². The van der Waals surface area contributed by atoms with E-state index in [9.17, 15) is 14.7 Å². The molecule has 5 nitrogen and oxygen atoms in total. The van der Waals surface area contributed by atoms with Crippen molar-refractivity contribution in [3.63, 3.8) is 0 Å². The van der Waals surface area contributed by atoms with Crippen LogP contribution in [0.5, 0.6) is 0 Å². The van der Waals surface area contributed by atoms with Crippen molar-refractivity contribution in [3.05, 3.63) is 0 Å². The van der Waals surface area contributed by atoms with Crippen LogP contribution in [0.25, 0.3) is 0 Å². The van der Waals surface area contributed by atoms with E-state index in [2.05, 4.69) is 12.2 Å². The summed E-state index contributed by atoms with van der Waals surface area (Å²) < 4.78 is 5.62. The van der Waals surface area contributed by atoms with Crippen LogP contribution >= 0.6 is 0 Å². The van der Waals surface area contributed by atoms with E-state index < -0.39 is 17.8 Å². The molecule has 2 rings (SSSR count). The average Bonchev–Trinajstić information content (AvgIpc) is 2.98. The summed E-state index contributed by atoms with van der Waals surface area (Å²) >= 11 is 0. The number of ether oxygens (including phenoxy) is 1. The van der Waals surface area contributed by atoms with Crippen molar-refractivity contribution in [2.75, 3.05) is 0 Å². The summed E-state index contributed by atoms with van der Waals surface area (Å²) in [6.07, 6.45) is 5.44. The minimum absolute atomic E-state index is 0.0996. The Morgan fingerprint density at radius 3 is 2.50 bits per heavy atom. The van der Waals surface area contributed by atoms with E-state index in [-0.39, 0.29) is 24.2 Å². The maximum absolute atomic E-state index is 12.3. The Morgan fingerprint density at radius 1 is 1.25 bits per heavy atom. The first-order valence-electron chi connectivity index (χ1n) is 7.73. The molecule has 2 fully saturated rings. The highest BCUT2D eigenvalue weighted by Crippen LogP contribution is 2.43. The van der Waals surface area contributed by atoms with Crippen LogP contribution in [0, 0.1) is 11.8 Å². The number of carbonyl (C=O) groups is 2. The first-order chi connectivity index (χ1) is 9.54. The van der Waals surface area contributed by atoms with Crippen LogP contribution in [0.3, 0.4) is 0 Å². The van der Waals surface area contributed by atoms with Gasteiger partial charge in [0.25, 0.3) is 0 Å². The number of nitrogens with one attached hydrogen (secondary N) is 1. The summed E-state index contributed by atoms with van der Waals surface area (Å²) in [4.78, 5) is 23.7. The summed E-state index contributed by atoms with van der Waals surface area (Å²) in [5, 5.41) is 12.3. The molecule has 5 atom stereocenters. The molecule has 20 heavy (non-hydrogen) atoms. The van der Waals surface area contributed by atoms with Gasteiger partial charge in [-0.15, -0.1) is 0 Å². The second-order valence-corrected chi connectivity index (χ2v) is 6.09. The lowest BCUT2D eigenvalue weighted by Crippen LogP contribution is -2.46. The third kappa shape index (κ3) is 3.14. The van der Waals surface area contributed by atoms with Crippen molar-refractivity contribution in [1.29, 1.82) is 0 Å².